The van der Waals surface area contributed by atoms with Crippen LogP contribution in [-0.2, 0) is 25.8 Å². The number of carboxylic acids is 1. The Hall–Kier alpha value is -5.37. The largest absolute Gasteiger partial charge is 0.477 e. The number of carboxylic acid groups (broad SMARTS) is 1. The summed E-state index contributed by atoms with van der Waals surface area (Å²) in [4.78, 5) is 59.5. The highest BCUT2D eigenvalue weighted by molar-refractivity contribution is 8.00. The molecule has 6 rings (SSSR count). The lowest BCUT2D eigenvalue weighted by molar-refractivity contribution is -0.150. The molecule has 2 amide bonds. The number of fused-ring (bicyclic) bond motifs is 1. The van der Waals surface area contributed by atoms with Crippen molar-refractivity contribution in [3.05, 3.63) is 104 Å². The van der Waals surface area contributed by atoms with Crippen LogP contribution in [0.4, 0.5) is 14.7 Å². The zero-order chi connectivity index (χ0) is 37.8. The summed E-state index contributed by atoms with van der Waals surface area (Å²) in [5.74, 6) is -3.07. The number of carbonyl (C=O) groups is 3. The molecule has 0 bridgehead atoms. The maximum Gasteiger partial charge on any atom is 0.352 e. The summed E-state index contributed by atoms with van der Waals surface area (Å²) in [6, 6.07) is 1.73. The number of oxime groups is 1. The number of aromatic nitrogens is 2. The summed E-state index contributed by atoms with van der Waals surface area (Å²) < 4.78 is 15.5. The molecule has 2 atom stereocenters. The van der Waals surface area contributed by atoms with E-state index in [9.17, 15) is 19.5 Å². The summed E-state index contributed by atoms with van der Waals surface area (Å²) in [6.45, 7) is 1.83. The van der Waals surface area contributed by atoms with Crippen molar-refractivity contribution in [2.45, 2.75) is 24.9 Å². The van der Waals surface area contributed by atoms with Gasteiger partial charge in [-0.1, -0.05) is 28.9 Å². The lowest BCUT2D eigenvalue weighted by atomic mass is 10.0. The molecule has 5 heterocycles. The summed E-state index contributed by atoms with van der Waals surface area (Å²) >= 11 is 10.2. The normalized spacial score (nSPS) is 20.0. The summed E-state index contributed by atoms with van der Waals surface area (Å²) in [5.41, 5.74) is 7.46. The minimum absolute atomic E-state index is 0.0414. The fourth-order valence-corrected chi connectivity index (χ4v) is 8.22. The van der Waals surface area contributed by atoms with Gasteiger partial charge < -0.3 is 31.2 Å². The average Bonchev–Trinajstić information content (AvgIpc) is 3.90. The molecule has 3 aliphatic rings. The first kappa shape index (κ1) is 37.4. The number of halogens is 2. The van der Waals surface area contributed by atoms with Gasteiger partial charge in [-0.3, -0.25) is 24.9 Å². The molecule has 0 spiro atoms. The van der Waals surface area contributed by atoms with E-state index in [1.54, 1.807) is 40.9 Å². The Bertz CT molecular complexity index is 2140. The Kier molecular flexibility index (Phi) is 11.4. The molecule has 1 saturated heterocycles. The van der Waals surface area contributed by atoms with Gasteiger partial charge in [-0.2, -0.15) is 0 Å². The zero-order valence-electron chi connectivity index (χ0n) is 27.9. The van der Waals surface area contributed by atoms with E-state index in [0.29, 0.717) is 22.1 Å². The molecule has 0 unspecified atom stereocenters. The van der Waals surface area contributed by atoms with Crippen molar-refractivity contribution in [1.29, 1.82) is 5.41 Å². The van der Waals surface area contributed by atoms with Crippen LogP contribution in [-0.4, -0.2) is 90.7 Å². The standard InChI is InChI=1S/C33H30ClFN10O5S3/c1-3-4-5-23-21(6-8-44(23)13-18-19(34)10-16(11-20(18)35)27(36)42-33-38-7-9-51-33)39-12-17-14-52-30-25(29(47)45(30)26(17)31(48)49)41-28(46)24(43-50-2)22-15-53-32(37)40-22/h3-11,15,25,30H,12-14H2,1-2H3,(H2,37,40)(H,41,46)(H,48,49)(H2,36,38,42)/b4-3-,23-5+,39-21+,43-24-/t25-,30-/m1/s1. The number of benzene rings is 1. The number of thiazole rings is 2. The SMILES string of the molecule is C\C=C/C=C1\C(=N\CC2=C(C(=O)O)N3C(=O)[C@@H](NC(=O)/C(=N\OC)c4csc(N)n4)[C@H]3SC2)C=CN1Cc1c(F)cc(C(=N)Nc2nccs2)cc1Cl. The van der Waals surface area contributed by atoms with Gasteiger partial charge in [0, 0.05) is 45.1 Å². The number of β-lactam (4-membered cyclic amide) rings is 1. The van der Waals surface area contributed by atoms with E-state index in [-0.39, 0.29) is 63.1 Å². The Balaban J connectivity index is 1.17. The third-order valence-corrected chi connectivity index (χ3v) is 11.0. The molecule has 0 saturated carbocycles. The van der Waals surface area contributed by atoms with E-state index in [4.69, 9.17) is 32.6 Å². The van der Waals surface area contributed by atoms with Gasteiger partial charge in [-0.05, 0) is 36.8 Å². The molecule has 15 nitrogen and oxygen atoms in total. The first-order valence-electron chi connectivity index (χ1n) is 15.6. The number of allylic oxidation sites excluding steroid dienone is 4. The molecule has 1 aromatic carbocycles. The first-order valence-corrected chi connectivity index (χ1v) is 18.8. The fourth-order valence-electron chi connectivity index (χ4n) is 5.53. The summed E-state index contributed by atoms with van der Waals surface area (Å²) in [5, 5.41) is 31.1. The van der Waals surface area contributed by atoms with E-state index in [1.165, 1.54) is 47.7 Å². The number of thioether (sulfide) groups is 1. The highest BCUT2D eigenvalue weighted by Crippen LogP contribution is 2.40. The number of nitrogens with one attached hydrogen (secondary N) is 3. The van der Waals surface area contributed by atoms with Gasteiger partial charge in [0.25, 0.3) is 11.8 Å². The number of rotatable bonds is 12. The average molecular weight is 797 g/mol. The first-order chi connectivity index (χ1) is 25.5. The molecule has 0 aliphatic carbocycles. The topological polar surface area (TPSA) is 212 Å². The molecule has 3 aromatic rings. The Labute approximate surface area is 319 Å². The Morgan fingerprint density at radius 2 is 2.13 bits per heavy atom. The number of aliphatic imine (C=N–C) groups is 1. The number of carbonyl (C=O) groups excluding carboxylic acids is 2. The summed E-state index contributed by atoms with van der Waals surface area (Å²) in [6.07, 6.45) is 10.4. The van der Waals surface area contributed by atoms with Crippen LogP contribution in [0.3, 0.4) is 0 Å². The van der Waals surface area contributed by atoms with E-state index in [0.717, 1.165) is 16.2 Å². The van der Waals surface area contributed by atoms with Crippen LogP contribution >= 0.6 is 46.0 Å². The van der Waals surface area contributed by atoms with Crippen LogP contribution < -0.4 is 16.4 Å². The van der Waals surface area contributed by atoms with Crippen LogP contribution in [0, 0.1) is 11.2 Å². The van der Waals surface area contributed by atoms with Gasteiger partial charge in [0.15, 0.2) is 16.0 Å². The smallest absolute Gasteiger partial charge is 0.352 e. The van der Waals surface area contributed by atoms with E-state index < -0.39 is 35.0 Å². The van der Waals surface area contributed by atoms with Crippen molar-refractivity contribution in [2.75, 3.05) is 30.5 Å². The number of nitrogen functional groups attached to an aromatic ring is 1. The summed E-state index contributed by atoms with van der Waals surface area (Å²) in [7, 11) is 1.26. The number of hydrogen-bond donors (Lipinski definition) is 5. The molecular formula is C33H30ClFN10O5S3. The second-order valence-electron chi connectivity index (χ2n) is 11.3. The maximum absolute atomic E-state index is 15.5. The van der Waals surface area contributed by atoms with Crippen molar-refractivity contribution in [1.82, 2.24) is 25.1 Å². The van der Waals surface area contributed by atoms with Crippen molar-refractivity contribution < 1.29 is 28.7 Å². The molecule has 6 N–H and O–H groups in total. The molecule has 20 heteroatoms. The number of amidine groups is 1. The Morgan fingerprint density at radius 1 is 1.32 bits per heavy atom. The van der Waals surface area contributed by atoms with Crippen LogP contribution in [0.5, 0.6) is 0 Å². The van der Waals surface area contributed by atoms with E-state index in [2.05, 4.69) is 25.8 Å². The second-order valence-corrected chi connectivity index (χ2v) is 14.6. The number of anilines is 2. The van der Waals surface area contributed by atoms with Crippen molar-refractivity contribution in [3.8, 4) is 0 Å². The number of hydrogen-bond acceptors (Lipinski definition) is 14. The third-order valence-electron chi connectivity index (χ3n) is 7.99. The van der Waals surface area contributed by atoms with Gasteiger partial charge in [-0.15, -0.1) is 34.4 Å². The minimum Gasteiger partial charge on any atom is -0.477 e. The van der Waals surface area contributed by atoms with Crippen LogP contribution in [0.15, 0.2) is 86.7 Å². The Morgan fingerprint density at radius 3 is 2.79 bits per heavy atom. The van der Waals surface area contributed by atoms with E-state index >= 15 is 4.39 Å². The molecular weight excluding hydrogens is 767 g/mol. The van der Waals surface area contributed by atoms with Crippen LogP contribution in [0.25, 0.3) is 0 Å². The lowest BCUT2D eigenvalue weighted by Crippen LogP contribution is -2.71. The molecule has 274 valence electrons. The molecule has 2 aromatic heterocycles. The number of amides is 2. The number of nitrogens with two attached hydrogens (primary N) is 1. The number of aliphatic carboxylic acids is 1. The quantitative estimate of drug-likeness (QED) is 0.0749. The van der Waals surface area contributed by atoms with E-state index in [1.807, 2.05) is 13.0 Å². The van der Waals surface area contributed by atoms with Crippen molar-refractivity contribution in [2.24, 2.45) is 10.1 Å². The highest BCUT2D eigenvalue weighted by atomic mass is 35.5. The van der Waals surface area contributed by atoms with Crippen molar-refractivity contribution in [3.63, 3.8) is 0 Å². The van der Waals surface area contributed by atoms with Crippen LogP contribution in [0.1, 0.15) is 23.7 Å². The minimum atomic E-state index is -1.31. The molecule has 53 heavy (non-hydrogen) atoms. The lowest BCUT2D eigenvalue weighted by Gasteiger charge is -2.49. The van der Waals surface area contributed by atoms with Gasteiger partial charge >= 0.3 is 5.97 Å². The maximum atomic E-state index is 15.5. The van der Waals surface area contributed by atoms with Crippen molar-refractivity contribution >= 4 is 91.3 Å². The highest BCUT2D eigenvalue weighted by Gasteiger charge is 2.54. The predicted octanol–water partition coefficient (Wildman–Crippen LogP) is 4.43. The van der Waals surface area contributed by atoms with Gasteiger partial charge in [0.1, 0.15) is 41.6 Å². The molecule has 3 aliphatic heterocycles. The molecule has 0 radical (unpaired) electrons. The van der Waals surface area contributed by atoms with Gasteiger partial charge in [-0.25, -0.2) is 19.2 Å². The predicted molar refractivity (Wildman–Crippen MR) is 204 cm³/mol. The second kappa shape index (κ2) is 16.1. The van der Waals surface area contributed by atoms with Crippen LogP contribution in [0.2, 0.25) is 5.02 Å². The van der Waals surface area contributed by atoms with Gasteiger partial charge in [0.2, 0.25) is 0 Å². The number of nitrogens with zero attached hydrogens (tertiary/aromatic N) is 6. The fraction of sp³-hybridized carbons (Fsp3) is 0.212. The van der Waals surface area contributed by atoms with Gasteiger partial charge in [0.05, 0.1) is 24.5 Å². The monoisotopic (exact) mass is 796 g/mol. The third kappa shape index (κ3) is 7.87. The molecule has 1 fully saturated rings. The zero-order valence-corrected chi connectivity index (χ0v) is 31.1.